The van der Waals surface area contributed by atoms with Crippen LogP contribution in [0.1, 0.15) is 42.5 Å². The number of carbonyl (C=O) groups is 1. The molecule has 26 heavy (non-hydrogen) atoms. The first-order valence-corrected chi connectivity index (χ1v) is 8.89. The fourth-order valence-corrected chi connectivity index (χ4v) is 3.28. The van der Waals surface area contributed by atoms with Crippen molar-refractivity contribution in [3.8, 4) is 5.82 Å². The fourth-order valence-electron chi connectivity index (χ4n) is 3.28. The van der Waals surface area contributed by atoms with E-state index in [2.05, 4.69) is 22.3 Å². The number of nitrogens with one attached hydrogen (secondary N) is 1. The van der Waals surface area contributed by atoms with Crippen LogP contribution in [0.5, 0.6) is 0 Å². The maximum absolute atomic E-state index is 12.8. The van der Waals surface area contributed by atoms with Gasteiger partial charge in [-0.1, -0.05) is 20.8 Å². The highest BCUT2D eigenvalue weighted by molar-refractivity contribution is 5.94. The number of carbonyl (C=O) groups excluding carboxylic acids is 1. The van der Waals surface area contributed by atoms with Gasteiger partial charge in [-0.2, -0.15) is 5.10 Å². The monoisotopic (exact) mass is 360 g/mol. The highest BCUT2D eigenvalue weighted by Crippen LogP contribution is 2.30. The Morgan fingerprint density at radius 1 is 1.50 bits per heavy atom. The number of fused-ring (bicyclic) bond motifs is 1. The van der Waals surface area contributed by atoms with E-state index in [0.717, 1.165) is 24.1 Å². The maximum Gasteiger partial charge on any atom is 0.272 e. The number of amides is 1. The molecule has 2 unspecified atom stereocenters. The molecular weight excluding hydrogens is 334 g/mol. The van der Waals surface area contributed by atoms with Gasteiger partial charge >= 0.3 is 0 Å². The average molecular weight is 360 g/mol. The van der Waals surface area contributed by atoms with Crippen molar-refractivity contribution in [2.75, 3.05) is 13.7 Å². The van der Waals surface area contributed by atoms with E-state index < -0.39 is 0 Å². The number of rotatable bonds is 6. The Balaban J connectivity index is 1.99. The number of hydrogen-bond acceptors (Lipinski definition) is 5. The Kier molecular flexibility index (Phi) is 5.22. The molecular formula is C18H26N5O3+. The molecule has 2 N–H and O–H groups in total. The lowest BCUT2D eigenvalue weighted by Gasteiger charge is -2.19. The molecule has 2 atom stereocenters. The van der Waals surface area contributed by atoms with Gasteiger partial charge in [0.25, 0.3) is 12.1 Å². The number of aromatic nitrogens is 4. The first kappa shape index (κ1) is 18.3. The molecule has 140 valence electrons. The summed E-state index contributed by atoms with van der Waals surface area (Å²) < 4.78 is 3.27. The molecule has 0 spiro atoms. The van der Waals surface area contributed by atoms with Crippen LogP contribution >= 0.6 is 0 Å². The molecule has 0 aliphatic heterocycles. The van der Waals surface area contributed by atoms with Crippen molar-refractivity contribution in [2.45, 2.75) is 39.7 Å². The van der Waals surface area contributed by atoms with Crippen molar-refractivity contribution in [3.63, 3.8) is 0 Å². The van der Waals surface area contributed by atoms with Gasteiger partial charge in [0.1, 0.15) is 7.11 Å². The van der Waals surface area contributed by atoms with Gasteiger partial charge < -0.3 is 10.4 Å². The van der Waals surface area contributed by atoms with Gasteiger partial charge in [-0.15, -0.1) is 0 Å². The van der Waals surface area contributed by atoms with E-state index >= 15 is 0 Å². The molecule has 0 radical (unpaired) electrons. The largest absolute Gasteiger partial charge is 0.394 e. The molecule has 1 aliphatic carbocycles. The Hall–Kier alpha value is -2.48. The van der Waals surface area contributed by atoms with Crippen molar-refractivity contribution in [2.24, 2.45) is 11.8 Å². The summed E-state index contributed by atoms with van der Waals surface area (Å²) in [6, 6.07) is -0.298. The van der Waals surface area contributed by atoms with E-state index in [0.29, 0.717) is 17.4 Å². The summed E-state index contributed by atoms with van der Waals surface area (Å²) in [4.78, 5) is 22.4. The van der Waals surface area contributed by atoms with E-state index in [1.54, 1.807) is 30.4 Å². The zero-order valence-electron chi connectivity index (χ0n) is 15.6. The van der Waals surface area contributed by atoms with Crippen molar-refractivity contribution >= 4 is 5.91 Å². The molecule has 8 nitrogen and oxygen atoms in total. The summed E-state index contributed by atoms with van der Waals surface area (Å²) in [7, 11) is 1.57. The molecule has 2 aromatic rings. The summed E-state index contributed by atoms with van der Waals surface area (Å²) in [5.74, 6) is 0.922. The van der Waals surface area contributed by atoms with E-state index in [4.69, 9.17) is 4.84 Å². The van der Waals surface area contributed by atoms with Crippen LogP contribution in [-0.4, -0.2) is 45.5 Å². The van der Waals surface area contributed by atoms with E-state index in [1.165, 1.54) is 4.73 Å². The third kappa shape index (κ3) is 3.41. The standard InChI is InChI=1S/C18H25N5O3/c1-11(2)14(10-24)20-18(25)17-13-7-12(3)8-15(13)23(21-17)16-9-22(26-4)6-5-19-16/h5-6,9,11-12,14,24H,7-8,10H2,1-4H3/p+1. The number of aliphatic hydroxyl groups is 1. The van der Waals surface area contributed by atoms with Gasteiger partial charge in [0, 0.05) is 10.3 Å². The van der Waals surface area contributed by atoms with Crippen molar-refractivity contribution < 1.29 is 19.5 Å². The van der Waals surface area contributed by atoms with Gasteiger partial charge in [0.2, 0.25) is 12.0 Å². The van der Waals surface area contributed by atoms with Crippen LogP contribution in [0.25, 0.3) is 5.82 Å². The number of hydrogen-bond donors (Lipinski definition) is 2. The predicted molar refractivity (Wildman–Crippen MR) is 93.8 cm³/mol. The number of aliphatic hydroxyl groups excluding tert-OH is 1. The summed E-state index contributed by atoms with van der Waals surface area (Å²) in [6.45, 7) is 5.98. The highest BCUT2D eigenvalue weighted by atomic mass is 16.6. The van der Waals surface area contributed by atoms with Crippen LogP contribution in [0.3, 0.4) is 0 Å². The predicted octanol–water partition coefficient (Wildman–Crippen LogP) is 0.0946. The minimum atomic E-state index is -0.298. The minimum absolute atomic E-state index is 0.100. The quantitative estimate of drug-likeness (QED) is 0.713. The Bertz CT molecular complexity index is 802. The van der Waals surface area contributed by atoms with Crippen LogP contribution in [0, 0.1) is 11.8 Å². The van der Waals surface area contributed by atoms with E-state index in [9.17, 15) is 9.90 Å². The number of nitrogens with zero attached hydrogens (tertiary/aromatic N) is 4. The molecule has 0 fully saturated rings. The van der Waals surface area contributed by atoms with Crippen molar-refractivity contribution in [3.05, 3.63) is 35.5 Å². The molecule has 0 aromatic carbocycles. The molecule has 3 rings (SSSR count). The van der Waals surface area contributed by atoms with Crippen LogP contribution in [0.15, 0.2) is 18.6 Å². The summed E-state index contributed by atoms with van der Waals surface area (Å²) in [5.41, 5.74) is 2.39. The topological polar surface area (TPSA) is 93.2 Å². The van der Waals surface area contributed by atoms with Crippen LogP contribution in [0.4, 0.5) is 0 Å². The second-order valence-electron chi connectivity index (χ2n) is 7.16. The second-order valence-corrected chi connectivity index (χ2v) is 7.16. The molecule has 2 aromatic heterocycles. The molecule has 0 saturated carbocycles. The van der Waals surface area contributed by atoms with Crippen LogP contribution in [0.2, 0.25) is 0 Å². The van der Waals surface area contributed by atoms with E-state index in [1.807, 2.05) is 13.8 Å². The van der Waals surface area contributed by atoms with Gasteiger partial charge in [-0.25, -0.2) is 9.67 Å². The SMILES string of the molecule is CO[n+]1ccnc(-n2nc(C(=O)NC(CO)C(C)C)c3c2CC(C)C3)c1. The smallest absolute Gasteiger partial charge is 0.272 e. The van der Waals surface area contributed by atoms with E-state index in [-0.39, 0.29) is 24.5 Å². The molecule has 1 aliphatic rings. The maximum atomic E-state index is 12.8. The Morgan fingerprint density at radius 3 is 2.92 bits per heavy atom. The Morgan fingerprint density at radius 2 is 2.27 bits per heavy atom. The molecule has 1 amide bonds. The lowest BCUT2D eigenvalue weighted by atomic mass is 10.0. The second kappa shape index (κ2) is 7.41. The average Bonchev–Trinajstić information content (AvgIpc) is 3.16. The van der Waals surface area contributed by atoms with Gasteiger partial charge in [-0.05, 0) is 24.7 Å². The van der Waals surface area contributed by atoms with Gasteiger partial charge in [0.05, 0.1) is 24.5 Å². The first-order chi connectivity index (χ1) is 12.4. The summed E-state index contributed by atoms with van der Waals surface area (Å²) in [5, 5.41) is 17.0. The molecule has 0 bridgehead atoms. The first-order valence-electron chi connectivity index (χ1n) is 8.89. The summed E-state index contributed by atoms with van der Waals surface area (Å²) in [6.07, 6.45) is 6.69. The van der Waals surface area contributed by atoms with Gasteiger partial charge in [-0.3, -0.25) is 9.63 Å². The Labute approximate surface area is 152 Å². The lowest BCUT2D eigenvalue weighted by molar-refractivity contribution is -0.885. The third-order valence-electron chi connectivity index (χ3n) is 4.81. The highest BCUT2D eigenvalue weighted by Gasteiger charge is 2.32. The molecule has 0 saturated heterocycles. The third-order valence-corrected chi connectivity index (χ3v) is 4.81. The van der Waals surface area contributed by atoms with Crippen molar-refractivity contribution in [1.29, 1.82) is 0 Å². The fraction of sp³-hybridized carbons (Fsp3) is 0.556. The van der Waals surface area contributed by atoms with Crippen LogP contribution < -0.4 is 14.9 Å². The van der Waals surface area contributed by atoms with Gasteiger partial charge in [0.15, 0.2) is 5.69 Å². The zero-order valence-corrected chi connectivity index (χ0v) is 15.6. The summed E-state index contributed by atoms with van der Waals surface area (Å²) >= 11 is 0. The van der Waals surface area contributed by atoms with Crippen LogP contribution in [-0.2, 0) is 12.8 Å². The molecule has 8 heteroatoms. The normalized spacial score (nSPS) is 17.2. The van der Waals surface area contributed by atoms with Crippen molar-refractivity contribution in [1.82, 2.24) is 20.1 Å². The zero-order chi connectivity index (χ0) is 18.8. The lowest BCUT2D eigenvalue weighted by Crippen LogP contribution is -2.41. The minimum Gasteiger partial charge on any atom is -0.394 e. The molecule has 2 heterocycles.